The summed E-state index contributed by atoms with van der Waals surface area (Å²) in [5.41, 5.74) is -0.00135. The second kappa shape index (κ2) is 7.97. The van der Waals surface area contributed by atoms with Crippen LogP contribution in [0.4, 0.5) is 4.39 Å². The first kappa shape index (κ1) is 19.6. The van der Waals surface area contributed by atoms with Gasteiger partial charge in [-0.15, -0.1) is 0 Å². The van der Waals surface area contributed by atoms with E-state index >= 15 is 0 Å². The van der Waals surface area contributed by atoms with Crippen molar-refractivity contribution in [2.24, 2.45) is 11.3 Å². The largest absolute Gasteiger partial charge is 0.466 e. The number of benzene rings is 1. The van der Waals surface area contributed by atoms with Gasteiger partial charge in [-0.25, -0.2) is 4.39 Å². The van der Waals surface area contributed by atoms with Crippen LogP contribution in [-0.4, -0.2) is 41.6 Å². The van der Waals surface area contributed by atoms with Crippen molar-refractivity contribution in [3.05, 3.63) is 41.9 Å². The first-order valence-electron chi connectivity index (χ1n) is 10.2. The summed E-state index contributed by atoms with van der Waals surface area (Å²) >= 11 is 0. The van der Waals surface area contributed by atoms with Crippen LogP contribution in [0.25, 0.3) is 11.3 Å². The normalized spacial score (nSPS) is 18.5. The summed E-state index contributed by atoms with van der Waals surface area (Å²) in [6, 6.07) is 8.04. The van der Waals surface area contributed by atoms with Crippen LogP contribution in [0.3, 0.4) is 0 Å². The average Bonchev–Trinajstić information content (AvgIpc) is 3.48. The molecule has 1 aromatic carbocycles. The lowest BCUT2D eigenvalue weighted by Crippen LogP contribution is -2.48. The van der Waals surface area contributed by atoms with Crippen molar-refractivity contribution in [1.29, 1.82) is 0 Å². The van der Waals surface area contributed by atoms with Gasteiger partial charge in [-0.1, -0.05) is 17.3 Å². The molecule has 4 rings (SSSR count). The monoisotopic (exact) mass is 400 g/mol. The summed E-state index contributed by atoms with van der Waals surface area (Å²) in [4.78, 5) is 27.1. The topological polar surface area (TPSA) is 72.6 Å². The number of halogens is 1. The molecule has 154 valence electrons. The standard InChI is InChI=1S/C22H25FN2O4/c1-2-28-21(27)22(9-11-25(12-10-22)20(26)15-7-8-15)14-16-13-19(24-29-16)17-5-3-4-6-18(17)23/h3-6,13,15H,2,7-12,14H2,1H3. The maximum Gasteiger partial charge on any atom is 0.312 e. The molecule has 2 aromatic rings. The number of hydrogen-bond donors (Lipinski definition) is 0. The molecule has 1 aromatic heterocycles. The van der Waals surface area contributed by atoms with Crippen LogP contribution in [-0.2, 0) is 20.7 Å². The van der Waals surface area contributed by atoms with Crippen molar-refractivity contribution in [2.45, 2.75) is 39.0 Å². The zero-order valence-corrected chi connectivity index (χ0v) is 16.5. The molecule has 2 fully saturated rings. The Labute approximate surface area is 169 Å². The predicted octanol–water partition coefficient (Wildman–Crippen LogP) is 3.61. The van der Waals surface area contributed by atoms with Crippen molar-refractivity contribution >= 4 is 11.9 Å². The number of rotatable bonds is 6. The number of aromatic nitrogens is 1. The van der Waals surface area contributed by atoms with E-state index < -0.39 is 5.41 Å². The summed E-state index contributed by atoms with van der Waals surface area (Å²) in [5, 5.41) is 3.99. The summed E-state index contributed by atoms with van der Waals surface area (Å²) in [7, 11) is 0. The van der Waals surface area contributed by atoms with Gasteiger partial charge in [-0.2, -0.15) is 0 Å². The fraction of sp³-hybridized carbons (Fsp3) is 0.500. The van der Waals surface area contributed by atoms with Crippen molar-refractivity contribution in [3.8, 4) is 11.3 Å². The first-order chi connectivity index (χ1) is 14.0. The molecule has 2 heterocycles. The Morgan fingerprint density at radius 2 is 2.00 bits per heavy atom. The number of esters is 1. The zero-order chi connectivity index (χ0) is 20.4. The van der Waals surface area contributed by atoms with E-state index in [2.05, 4.69) is 5.16 Å². The van der Waals surface area contributed by atoms with Crippen LogP contribution in [0.15, 0.2) is 34.9 Å². The lowest BCUT2D eigenvalue weighted by atomic mass is 9.74. The molecule has 7 heteroatoms. The van der Waals surface area contributed by atoms with Gasteiger partial charge in [0.1, 0.15) is 17.3 Å². The predicted molar refractivity (Wildman–Crippen MR) is 103 cm³/mol. The average molecular weight is 400 g/mol. The molecular weight excluding hydrogens is 375 g/mol. The van der Waals surface area contributed by atoms with Crippen LogP contribution in [0.1, 0.15) is 38.4 Å². The highest BCUT2D eigenvalue weighted by atomic mass is 19.1. The lowest BCUT2D eigenvalue weighted by molar-refractivity contribution is -0.160. The van der Waals surface area contributed by atoms with Gasteiger partial charge in [-0.3, -0.25) is 9.59 Å². The lowest BCUT2D eigenvalue weighted by Gasteiger charge is -2.39. The van der Waals surface area contributed by atoms with Gasteiger partial charge in [0.25, 0.3) is 0 Å². The molecule has 0 N–H and O–H groups in total. The van der Waals surface area contributed by atoms with E-state index in [0.717, 1.165) is 12.8 Å². The Balaban J connectivity index is 1.52. The smallest absolute Gasteiger partial charge is 0.312 e. The van der Waals surface area contributed by atoms with E-state index in [1.807, 2.05) is 4.90 Å². The van der Waals surface area contributed by atoms with Crippen molar-refractivity contribution in [3.63, 3.8) is 0 Å². The van der Waals surface area contributed by atoms with Crippen LogP contribution < -0.4 is 0 Å². The van der Waals surface area contributed by atoms with Gasteiger partial charge >= 0.3 is 5.97 Å². The van der Waals surface area contributed by atoms with E-state index in [4.69, 9.17) is 9.26 Å². The zero-order valence-electron chi connectivity index (χ0n) is 16.5. The molecule has 1 amide bonds. The number of piperidine rings is 1. The molecule has 0 bridgehead atoms. The number of likely N-dealkylation sites (tertiary alicyclic amines) is 1. The van der Waals surface area contributed by atoms with Crippen molar-refractivity contribution < 1.29 is 23.2 Å². The fourth-order valence-corrected chi connectivity index (χ4v) is 4.01. The van der Waals surface area contributed by atoms with E-state index in [-0.39, 0.29) is 23.6 Å². The number of ether oxygens (including phenoxy) is 1. The Morgan fingerprint density at radius 3 is 2.66 bits per heavy atom. The highest BCUT2D eigenvalue weighted by Gasteiger charge is 2.46. The summed E-state index contributed by atoms with van der Waals surface area (Å²) in [5.74, 6) is 0.228. The van der Waals surface area contributed by atoms with Gasteiger partial charge < -0.3 is 14.2 Å². The Hall–Kier alpha value is -2.70. The maximum atomic E-state index is 14.0. The quantitative estimate of drug-likeness (QED) is 0.693. The second-order valence-electron chi connectivity index (χ2n) is 7.94. The molecule has 2 aliphatic rings. The second-order valence-corrected chi connectivity index (χ2v) is 7.94. The first-order valence-corrected chi connectivity index (χ1v) is 10.2. The van der Waals surface area contributed by atoms with E-state index in [9.17, 15) is 14.0 Å². The van der Waals surface area contributed by atoms with E-state index in [1.165, 1.54) is 6.07 Å². The van der Waals surface area contributed by atoms with Crippen LogP contribution in [0, 0.1) is 17.2 Å². The van der Waals surface area contributed by atoms with Gasteiger partial charge in [0, 0.05) is 37.1 Å². The molecule has 0 spiro atoms. The maximum absolute atomic E-state index is 14.0. The third-order valence-electron chi connectivity index (χ3n) is 5.89. The molecule has 1 aliphatic carbocycles. The third-order valence-corrected chi connectivity index (χ3v) is 5.89. The molecule has 0 unspecified atom stereocenters. The van der Waals surface area contributed by atoms with E-state index in [1.54, 1.807) is 31.2 Å². The van der Waals surface area contributed by atoms with Crippen LogP contribution in [0.5, 0.6) is 0 Å². The molecular formula is C22H25FN2O4. The minimum absolute atomic E-state index is 0.169. The highest BCUT2D eigenvalue weighted by Crippen LogP contribution is 2.39. The van der Waals surface area contributed by atoms with Gasteiger partial charge in [0.15, 0.2) is 0 Å². The fourth-order valence-electron chi connectivity index (χ4n) is 4.01. The minimum atomic E-state index is -0.762. The van der Waals surface area contributed by atoms with Crippen molar-refractivity contribution in [2.75, 3.05) is 19.7 Å². The molecule has 1 saturated carbocycles. The molecule has 1 aliphatic heterocycles. The Bertz CT molecular complexity index is 898. The van der Waals surface area contributed by atoms with E-state index in [0.29, 0.717) is 56.0 Å². The number of carbonyl (C=O) groups is 2. The molecule has 1 saturated heterocycles. The summed E-state index contributed by atoms with van der Waals surface area (Å²) < 4.78 is 24.8. The van der Waals surface area contributed by atoms with Crippen molar-refractivity contribution in [1.82, 2.24) is 10.1 Å². The number of amides is 1. The number of hydrogen-bond acceptors (Lipinski definition) is 5. The minimum Gasteiger partial charge on any atom is -0.466 e. The SMILES string of the molecule is CCOC(=O)C1(Cc2cc(-c3ccccc3F)no2)CCN(C(=O)C2CC2)CC1. The number of carbonyl (C=O) groups excluding carboxylic acids is 2. The van der Waals surface area contributed by atoms with Gasteiger partial charge in [-0.05, 0) is 44.7 Å². The summed E-state index contributed by atoms with van der Waals surface area (Å²) in [6.07, 6.45) is 3.28. The Morgan fingerprint density at radius 1 is 1.28 bits per heavy atom. The van der Waals surface area contributed by atoms with Crippen LogP contribution >= 0.6 is 0 Å². The summed E-state index contributed by atoms with van der Waals surface area (Å²) in [6.45, 7) is 3.13. The van der Waals surface area contributed by atoms with Gasteiger partial charge in [0.2, 0.25) is 5.91 Å². The molecule has 0 radical (unpaired) electrons. The number of nitrogens with zero attached hydrogens (tertiary/aromatic N) is 2. The van der Waals surface area contributed by atoms with Crippen LogP contribution in [0.2, 0.25) is 0 Å². The molecule has 0 atom stereocenters. The molecule has 6 nitrogen and oxygen atoms in total. The highest BCUT2D eigenvalue weighted by molar-refractivity contribution is 5.82. The third kappa shape index (κ3) is 4.04. The molecule has 29 heavy (non-hydrogen) atoms. The van der Waals surface area contributed by atoms with Gasteiger partial charge in [0.05, 0.1) is 12.0 Å². The Kier molecular flexibility index (Phi) is 5.39.